The summed E-state index contributed by atoms with van der Waals surface area (Å²) >= 11 is 12.9. The number of fused-ring (bicyclic) bond motifs is 1. The fourth-order valence-electron chi connectivity index (χ4n) is 4.41. The summed E-state index contributed by atoms with van der Waals surface area (Å²) in [5.41, 5.74) is 10.2. The van der Waals surface area contributed by atoms with Crippen LogP contribution in [-0.2, 0) is 13.0 Å². The average molecular weight is 531 g/mol. The van der Waals surface area contributed by atoms with Gasteiger partial charge in [0, 0.05) is 17.5 Å². The third-order valence-corrected chi connectivity index (χ3v) is 6.89. The summed E-state index contributed by atoms with van der Waals surface area (Å²) in [5, 5.41) is 7.09. The van der Waals surface area contributed by atoms with Gasteiger partial charge in [-0.15, -0.1) is 0 Å². The highest BCUT2D eigenvalue weighted by Crippen LogP contribution is 2.37. The first-order valence-electron chi connectivity index (χ1n) is 11.9. The van der Waals surface area contributed by atoms with E-state index in [4.69, 9.17) is 38.2 Å². The molecule has 1 amide bonds. The van der Waals surface area contributed by atoms with E-state index in [1.165, 1.54) is 0 Å². The maximum absolute atomic E-state index is 11.7. The Morgan fingerprint density at radius 1 is 0.946 bits per heavy atom. The number of aromatic nitrogens is 1. The number of ether oxygens (including phenoxy) is 1. The van der Waals surface area contributed by atoms with Crippen molar-refractivity contribution in [3.63, 3.8) is 0 Å². The highest BCUT2D eigenvalue weighted by atomic mass is 35.5. The molecule has 37 heavy (non-hydrogen) atoms. The molecule has 5 nitrogen and oxygen atoms in total. The van der Waals surface area contributed by atoms with Crippen LogP contribution >= 0.6 is 23.2 Å². The van der Waals surface area contributed by atoms with Crippen molar-refractivity contribution in [2.75, 3.05) is 0 Å². The van der Waals surface area contributed by atoms with Crippen molar-refractivity contribution in [2.24, 2.45) is 5.73 Å². The molecule has 0 radical (unpaired) electrons. The number of hydrogen-bond acceptors (Lipinski definition) is 4. The molecule has 1 heterocycles. The standard InChI is InChI=1S/C30H24Cl2N2O3/c1-2-5-27-24(29(34-37-27)28-25(31)8-4-9-26(28)32)17-36-21-13-10-18(11-14-21)19-12-15-22-20(16-19)6-3-7-23(22)30(33)35/h3-4,6-16H,2,5,17H2,1H3,(H2,33,35). The molecule has 5 rings (SSSR count). The molecule has 0 aliphatic rings. The van der Waals surface area contributed by atoms with Crippen molar-refractivity contribution in [3.8, 4) is 28.1 Å². The number of halogens is 2. The van der Waals surface area contributed by atoms with Gasteiger partial charge < -0.3 is 15.0 Å². The number of amides is 1. The highest BCUT2D eigenvalue weighted by molar-refractivity contribution is 6.39. The zero-order valence-corrected chi connectivity index (χ0v) is 21.6. The Bertz CT molecular complexity index is 1570. The molecular weight excluding hydrogens is 507 g/mol. The third kappa shape index (κ3) is 5.06. The predicted octanol–water partition coefficient (Wildman–Crippen LogP) is 8.10. The van der Waals surface area contributed by atoms with E-state index < -0.39 is 5.91 Å². The average Bonchev–Trinajstić information content (AvgIpc) is 3.29. The van der Waals surface area contributed by atoms with Crippen molar-refractivity contribution in [1.29, 1.82) is 0 Å². The van der Waals surface area contributed by atoms with E-state index in [9.17, 15) is 4.79 Å². The summed E-state index contributed by atoms with van der Waals surface area (Å²) in [6, 6.07) is 24.7. The van der Waals surface area contributed by atoms with E-state index in [1.54, 1.807) is 24.3 Å². The number of carbonyl (C=O) groups excluding carboxylic acids is 1. The lowest BCUT2D eigenvalue weighted by molar-refractivity contribution is 0.100. The van der Waals surface area contributed by atoms with Crippen LogP contribution in [0.3, 0.4) is 0 Å². The Kier molecular flexibility index (Phi) is 7.17. The summed E-state index contributed by atoms with van der Waals surface area (Å²) in [5.74, 6) is 1.03. The van der Waals surface area contributed by atoms with E-state index in [0.717, 1.165) is 46.1 Å². The van der Waals surface area contributed by atoms with Crippen LogP contribution in [0.4, 0.5) is 0 Å². The van der Waals surface area contributed by atoms with Gasteiger partial charge in [0.2, 0.25) is 5.91 Å². The Morgan fingerprint density at radius 2 is 1.65 bits per heavy atom. The minimum atomic E-state index is -0.435. The van der Waals surface area contributed by atoms with Gasteiger partial charge in [-0.25, -0.2) is 0 Å². The van der Waals surface area contributed by atoms with Crippen LogP contribution in [-0.4, -0.2) is 11.1 Å². The van der Waals surface area contributed by atoms with Gasteiger partial charge in [0.1, 0.15) is 23.8 Å². The van der Waals surface area contributed by atoms with E-state index in [1.807, 2.05) is 54.6 Å². The second-order valence-electron chi connectivity index (χ2n) is 8.70. The summed E-state index contributed by atoms with van der Waals surface area (Å²) in [6.07, 6.45) is 1.63. The van der Waals surface area contributed by atoms with Gasteiger partial charge in [-0.1, -0.05) is 77.7 Å². The highest BCUT2D eigenvalue weighted by Gasteiger charge is 2.22. The van der Waals surface area contributed by atoms with Gasteiger partial charge in [0.25, 0.3) is 0 Å². The van der Waals surface area contributed by atoms with E-state index in [2.05, 4.69) is 12.1 Å². The molecule has 2 N–H and O–H groups in total. The fraction of sp³-hybridized carbons (Fsp3) is 0.133. The lowest BCUT2D eigenvalue weighted by Crippen LogP contribution is -2.11. The Hall–Kier alpha value is -3.80. The van der Waals surface area contributed by atoms with Crippen molar-refractivity contribution in [1.82, 2.24) is 5.16 Å². The smallest absolute Gasteiger partial charge is 0.249 e. The molecule has 0 aliphatic carbocycles. The number of nitrogens with zero attached hydrogens (tertiary/aromatic N) is 1. The normalized spacial score (nSPS) is 11.1. The SMILES string of the molecule is CCCc1onc(-c2c(Cl)cccc2Cl)c1COc1ccc(-c2ccc3c(C(N)=O)cccc3c2)cc1. The van der Waals surface area contributed by atoms with Gasteiger partial charge in [-0.3, -0.25) is 4.79 Å². The molecular formula is C30H24Cl2N2O3. The largest absolute Gasteiger partial charge is 0.489 e. The Balaban J connectivity index is 1.39. The molecule has 4 aromatic carbocycles. The van der Waals surface area contributed by atoms with Crippen molar-refractivity contribution >= 4 is 39.9 Å². The van der Waals surface area contributed by atoms with E-state index >= 15 is 0 Å². The second kappa shape index (κ2) is 10.7. The number of nitrogens with two attached hydrogens (primary N) is 1. The third-order valence-electron chi connectivity index (χ3n) is 6.26. The molecule has 186 valence electrons. The number of benzene rings is 4. The van der Waals surface area contributed by atoms with E-state index in [-0.39, 0.29) is 6.61 Å². The summed E-state index contributed by atoms with van der Waals surface area (Å²) < 4.78 is 11.8. The first-order chi connectivity index (χ1) is 18.0. The maximum atomic E-state index is 11.7. The second-order valence-corrected chi connectivity index (χ2v) is 9.51. The molecule has 0 saturated heterocycles. The van der Waals surface area contributed by atoms with Crippen LogP contribution < -0.4 is 10.5 Å². The van der Waals surface area contributed by atoms with Gasteiger partial charge >= 0.3 is 0 Å². The molecule has 0 atom stereocenters. The zero-order chi connectivity index (χ0) is 25.9. The minimum Gasteiger partial charge on any atom is -0.489 e. The van der Waals surface area contributed by atoms with Crippen LogP contribution in [0.15, 0.2) is 83.4 Å². The summed E-state index contributed by atoms with van der Waals surface area (Å²) in [7, 11) is 0. The Labute approximate surface area is 224 Å². The van der Waals surface area contributed by atoms with Gasteiger partial charge in [-0.05, 0) is 64.7 Å². The van der Waals surface area contributed by atoms with Crippen molar-refractivity contribution < 1.29 is 14.1 Å². The number of primary amides is 1. The summed E-state index contributed by atoms with van der Waals surface area (Å²) in [4.78, 5) is 11.7. The number of carbonyl (C=O) groups is 1. The maximum Gasteiger partial charge on any atom is 0.249 e. The molecule has 0 bridgehead atoms. The zero-order valence-electron chi connectivity index (χ0n) is 20.1. The van der Waals surface area contributed by atoms with Crippen LogP contribution in [0.1, 0.15) is 35.0 Å². The van der Waals surface area contributed by atoms with Gasteiger partial charge in [0.15, 0.2) is 0 Å². The van der Waals surface area contributed by atoms with Gasteiger partial charge in [-0.2, -0.15) is 0 Å². The minimum absolute atomic E-state index is 0.265. The molecule has 1 aromatic heterocycles. The number of rotatable bonds is 8. The van der Waals surface area contributed by atoms with Crippen molar-refractivity contribution in [2.45, 2.75) is 26.4 Å². The Morgan fingerprint density at radius 3 is 2.35 bits per heavy atom. The first-order valence-corrected chi connectivity index (χ1v) is 12.7. The van der Waals surface area contributed by atoms with Crippen LogP contribution in [0.2, 0.25) is 10.0 Å². The van der Waals surface area contributed by atoms with Crippen LogP contribution in [0, 0.1) is 0 Å². The molecule has 0 spiro atoms. The lowest BCUT2D eigenvalue weighted by atomic mass is 9.98. The quantitative estimate of drug-likeness (QED) is 0.219. The van der Waals surface area contributed by atoms with Crippen molar-refractivity contribution in [3.05, 3.63) is 106 Å². The number of aryl methyl sites for hydroxylation is 1. The molecule has 0 unspecified atom stereocenters. The molecule has 0 aliphatic heterocycles. The molecule has 7 heteroatoms. The predicted molar refractivity (Wildman–Crippen MR) is 148 cm³/mol. The monoisotopic (exact) mass is 530 g/mol. The van der Waals surface area contributed by atoms with Crippen LogP contribution in [0.5, 0.6) is 5.75 Å². The molecule has 0 fully saturated rings. The number of hydrogen-bond donors (Lipinski definition) is 1. The molecule has 5 aromatic rings. The topological polar surface area (TPSA) is 78.3 Å². The summed E-state index contributed by atoms with van der Waals surface area (Å²) in [6.45, 7) is 2.34. The first kappa shape index (κ1) is 24.9. The van der Waals surface area contributed by atoms with Crippen LogP contribution in [0.25, 0.3) is 33.2 Å². The van der Waals surface area contributed by atoms with E-state index in [0.29, 0.717) is 32.6 Å². The van der Waals surface area contributed by atoms with Gasteiger partial charge in [0.05, 0.1) is 15.6 Å². The molecule has 0 saturated carbocycles. The lowest BCUT2D eigenvalue weighted by Gasteiger charge is -2.11. The fourth-order valence-corrected chi connectivity index (χ4v) is 4.99.